The van der Waals surface area contributed by atoms with Gasteiger partial charge in [-0.25, -0.2) is 4.98 Å². The Kier molecular flexibility index (Phi) is 3.87. The topological polar surface area (TPSA) is 90.6 Å². The number of aromatic amines is 2. The van der Waals surface area contributed by atoms with E-state index in [2.05, 4.69) is 26.3 Å². The second-order valence-electron chi connectivity index (χ2n) is 6.52. The van der Waals surface area contributed by atoms with Crippen LogP contribution in [-0.2, 0) is 19.4 Å². The monoisotopic (exact) mass is 336 g/mol. The van der Waals surface area contributed by atoms with E-state index in [0.29, 0.717) is 17.1 Å². The molecule has 128 valence electrons. The number of aromatic nitrogens is 3. The fourth-order valence-electron chi connectivity index (χ4n) is 3.62. The number of aryl methyl sites for hydroxylation is 3. The summed E-state index contributed by atoms with van der Waals surface area (Å²) in [5, 5.41) is 4.01. The van der Waals surface area contributed by atoms with Gasteiger partial charge in [0.25, 0.3) is 11.5 Å². The number of rotatable bonds is 3. The normalized spacial score (nSPS) is 13.6. The maximum Gasteiger partial charge on any atom is 0.253 e. The molecule has 6 heteroatoms. The first-order valence-corrected chi connectivity index (χ1v) is 8.59. The van der Waals surface area contributed by atoms with E-state index in [1.165, 1.54) is 30.2 Å². The molecule has 25 heavy (non-hydrogen) atoms. The number of nitrogens with one attached hydrogen (secondary N) is 3. The Morgan fingerprint density at radius 3 is 2.92 bits per heavy atom. The van der Waals surface area contributed by atoms with Crippen molar-refractivity contribution in [1.29, 1.82) is 0 Å². The van der Waals surface area contributed by atoms with Crippen LogP contribution in [0.3, 0.4) is 0 Å². The molecule has 0 radical (unpaired) electrons. The number of benzene rings is 1. The molecule has 0 fully saturated rings. The van der Waals surface area contributed by atoms with Crippen LogP contribution in [0.15, 0.2) is 29.1 Å². The van der Waals surface area contributed by atoms with E-state index in [9.17, 15) is 9.59 Å². The van der Waals surface area contributed by atoms with E-state index < -0.39 is 0 Å². The predicted octanol–water partition coefficient (Wildman–Crippen LogP) is 2.37. The van der Waals surface area contributed by atoms with Gasteiger partial charge in [0.1, 0.15) is 5.82 Å². The highest BCUT2D eigenvalue weighted by Crippen LogP contribution is 2.30. The Morgan fingerprint density at radius 2 is 2.08 bits per heavy atom. The molecule has 0 atom stereocenters. The summed E-state index contributed by atoms with van der Waals surface area (Å²) in [6.45, 7) is 1.94. The van der Waals surface area contributed by atoms with Crippen LogP contribution in [0.2, 0.25) is 0 Å². The first kappa shape index (κ1) is 15.6. The van der Waals surface area contributed by atoms with Crippen molar-refractivity contribution in [1.82, 2.24) is 20.3 Å². The fourth-order valence-corrected chi connectivity index (χ4v) is 3.62. The number of para-hydroxylation sites is 1. The molecule has 1 aliphatic carbocycles. The number of fused-ring (bicyclic) bond motifs is 3. The first-order valence-electron chi connectivity index (χ1n) is 8.59. The van der Waals surface area contributed by atoms with Crippen molar-refractivity contribution in [3.63, 3.8) is 0 Å². The molecule has 1 aromatic carbocycles. The third-order valence-electron chi connectivity index (χ3n) is 4.72. The molecule has 3 aromatic rings. The predicted molar refractivity (Wildman–Crippen MR) is 95.7 cm³/mol. The smallest absolute Gasteiger partial charge is 0.253 e. The van der Waals surface area contributed by atoms with Crippen molar-refractivity contribution in [2.45, 2.75) is 39.2 Å². The van der Waals surface area contributed by atoms with Crippen molar-refractivity contribution < 1.29 is 4.79 Å². The molecule has 1 aliphatic rings. The molecule has 1 amide bonds. The quantitative estimate of drug-likeness (QED) is 0.686. The highest BCUT2D eigenvalue weighted by atomic mass is 16.1. The Labute approximate surface area is 144 Å². The largest absolute Gasteiger partial charge is 0.358 e. The second kappa shape index (κ2) is 6.20. The van der Waals surface area contributed by atoms with Crippen LogP contribution in [0.5, 0.6) is 0 Å². The van der Waals surface area contributed by atoms with Crippen LogP contribution >= 0.6 is 0 Å². The van der Waals surface area contributed by atoms with Gasteiger partial charge in [-0.3, -0.25) is 9.59 Å². The van der Waals surface area contributed by atoms with Gasteiger partial charge in [-0.1, -0.05) is 12.1 Å². The molecule has 0 bridgehead atoms. The first-order chi connectivity index (χ1) is 12.1. The van der Waals surface area contributed by atoms with E-state index in [0.717, 1.165) is 23.7 Å². The van der Waals surface area contributed by atoms with Gasteiger partial charge in [-0.15, -0.1) is 0 Å². The van der Waals surface area contributed by atoms with E-state index >= 15 is 0 Å². The molecule has 0 unspecified atom stereocenters. The van der Waals surface area contributed by atoms with E-state index in [1.807, 2.05) is 12.1 Å². The van der Waals surface area contributed by atoms with Gasteiger partial charge in [0.2, 0.25) is 0 Å². The Balaban J connectivity index is 1.62. The van der Waals surface area contributed by atoms with E-state index in [1.54, 1.807) is 6.92 Å². The molecular weight excluding hydrogens is 316 g/mol. The lowest BCUT2D eigenvalue weighted by Crippen LogP contribution is -2.25. The highest BCUT2D eigenvalue weighted by molar-refractivity contribution is 6.06. The zero-order valence-corrected chi connectivity index (χ0v) is 14.1. The molecule has 3 N–H and O–H groups in total. The lowest BCUT2D eigenvalue weighted by atomic mass is 9.95. The summed E-state index contributed by atoms with van der Waals surface area (Å²) < 4.78 is 0. The number of carbonyl (C=O) groups is 1. The van der Waals surface area contributed by atoms with Crippen LogP contribution in [0, 0.1) is 6.92 Å². The van der Waals surface area contributed by atoms with Gasteiger partial charge in [-0.05, 0) is 44.2 Å². The van der Waals surface area contributed by atoms with Crippen molar-refractivity contribution in [3.8, 4) is 0 Å². The maximum absolute atomic E-state index is 12.7. The number of hydrogen-bond donors (Lipinski definition) is 3. The minimum atomic E-state index is -0.212. The molecule has 6 nitrogen and oxygen atoms in total. The SMILES string of the molecule is Cc1nc(CNC(=O)c2cccc3c4c([nH]c23)CCCC4)cc(=O)[nH]1. The van der Waals surface area contributed by atoms with Crippen LogP contribution < -0.4 is 10.9 Å². The van der Waals surface area contributed by atoms with Gasteiger partial charge in [-0.2, -0.15) is 0 Å². The van der Waals surface area contributed by atoms with Crippen LogP contribution in [0.1, 0.15) is 46.0 Å². The number of amides is 1. The lowest BCUT2D eigenvalue weighted by molar-refractivity contribution is 0.0952. The standard InChI is InChI=1S/C19H20N4O2/c1-11-21-12(9-17(24)22-11)10-20-19(25)15-7-4-6-14-13-5-2-3-8-16(13)23-18(14)15/h4,6-7,9,23H,2-3,5,8,10H2,1H3,(H,20,25)(H,21,22,24). The number of H-pyrrole nitrogens is 2. The summed E-state index contributed by atoms with van der Waals surface area (Å²) in [6, 6.07) is 7.24. The zero-order valence-electron chi connectivity index (χ0n) is 14.1. The van der Waals surface area contributed by atoms with Gasteiger partial charge in [0.15, 0.2) is 0 Å². The minimum absolute atomic E-state index is 0.163. The summed E-state index contributed by atoms with van der Waals surface area (Å²) in [4.78, 5) is 34.5. The minimum Gasteiger partial charge on any atom is -0.358 e. The molecule has 0 saturated carbocycles. The molecule has 0 saturated heterocycles. The van der Waals surface area contributed by atoms with Crippen molar-refractivity contribution >= 4 is 16.8 Å². The van der Waals surface area contributed by atoms with E-state index in [-0.39, 0.29) is 18.0 Å². The molecule has 2 aromatic heterocycles. The van der Waals surface area contributed by atoms with Crippen molar-refractivity contribution in [2.75, 3.05) is 0 Å². The van der Waals surface area contributed by atoms with Gasteiger partial charge >= 0.3 is 0 Å². The molecule has 0 aliphatic heterocycles. The second-order valence-corrected chi connectivity index (χ2v) is 6.52. The number of nitrogens with zero attached hydrogens (tertiary/aromatic N) is 1. The van der Waals surface area contributed by atoms with Gasteiger partial charge < -0.3 is 15.3 Å². The average molecular weight is 336 g/mol. The summed E-state index contributed by atoms with van der Waals surface area (Å²) in [5.74, 6) is 0.375. The third kappa shape index (κ3) is 2.95. The average Bonchev–Trinajstić information content (AvgIpc) is 2.97. The number of carbonyl (C=O) groups excluding carboxylic acids is 1. The Morgan fingerprint density at radius 1 is 1.24 bits per heavy atom. The number of hydrogen-bond acceptors (Lipinski definition) is 3. The molecule has 0 spiro atoms. The zero-order chi connectivity index (χ0) is 17.4. The van der Waals surface area contributed by atoms with Crippen LogP contribution in [0.4, 0.5) is 0 Å². The van der Waals surface area contributed by atoms with Crippen molar-refractivity contribution in [2.24, 2.45) is 0 Å². The highest BCUT2D eigenvalue weighted by Gasteiger charge is 2.19. The summed E-state index contributed by atoms with van der Waals surface area (Å²) in [7, 11) is 0. The van der Waals surface area contributed by atoms with E-state index in [4.69, 9.17) is 0 Å². The lowest BCUT2D eigenvalue weighted by Gasteiger charge is -2.10. The van der Waals surface area contributed by atoms with Crippen LogP contribution in [0.25, 0.3) is 10.9 Å². The van der Waals surface area contributed by atoms with Crippen molar-refractivity contribution in [3.05, 3.63) is 63.0 Å². The van der Waals surface area contributed by atoms with Gasteiger partial charge in [0.05, 0.1) is 23.3 Å². The van der Waals surface area contributed by atoms with Gasteiger partial charge in [0, 0.05) is 17.1 Å². The fraction of sp³-hybridized carbons (Fsp3) is 0.316. The Hall–Kier alpha value is -2.89. The molecular formula is C19H20N4O2. The van der Waals surface area contributed by atoms with Crippen LogP contribution in [-0.4, -0.2) is 20.9 Å². The summed E-state index contributed by atoms with van der Waals surface area (Å²) in [6.07, 6.45) is 4.50. The summed E-state index contributed by atoms with van der Waals surface area (Å²) in [5.41, 5.74) is 4.48. The summed E-state index contributed by atoms with van der Waals surface area (Å²) >= 11 is 0. The maximum atomic E-state index is 12.7. The Bertz CT molecular complexity index is 1020. The molecule has 4 rings (SSSR count). The third-order valence-corrected chi connectivity index (χ3v) is 4.72. The molecule has 2 heterocycles.